The van der Waals surface area contributed by atoms with E-state index in [1.165, 1.54) is 0 Å². The minimum absolute atomic E-state index is 0.00898. The molecule has 5 heteroatoms. The molecule has 0 saturated carbocycles. The molecule has 0 aromatic rings. The second kappa shape index (κ2) is 6.62. The predicted octanol–water partition coefficient (Wildman–Crippen LogP) is 0.118. The zero-order valence-electron chi connectivity index (χ0n) is 9.07. The van der Waals surface area contributed by atoms with E-state index >= 15 is 0 Å². The lowest BCUT2D eigenvalue weighted by molar-refractivity contribution is 0.221. The van der Waals surface area contributed by atoms with Gasteiger partial charge in [0.15, 0.2) is 5.84 Å². The highest BCUT2D eigenvalue weighted by atomic mass is 16.4. The lowest BCUT2D eigenvalue weighted by atomic mass is 10.0. The zero-order chi connectivity index (χ0) is 11.1. The molecule has 84 valence electrons. The van der Waals surface area contributed by atoms with Crippen LogP contribution < -0.4 is 11.1 Å². The van der Waals surface area contributed by atoms with Gasteiger partial charge in [-0.2, -0.15) is 0 Å². The minimum atomic E-state index is -0.226. The summed E-state index contributed by atoms with van der Waals surface area (Å²) >= 11 is 0. The van der Waals surface area contributed by atoms with Crippen molar-refractivity contribution >= 4 is 5.84 Å². The number of oxime groups is 1. The van der Waals surface area contributed by atoms with Crippen molar-refractivity contribution in [1.82, 2.24) is 5.32 Å². The molecule has 0 rings (SSSR count). The van der Waals surface area contributed by atoms with Gasteiger partial charge in [-0.05, 0) is 19.3 Å². The Kier molecular flexibility index (Phi) is 6.23. The molecule has 0 amide bonds. The SMILES string of the molecule is CC(C)CC(CO)NC(C)C(N)=NO. The fraction of sp³-hybridized carbons (Fsp3) is 0.889. The molecule has 0 aromatic carbocycles. The van der Waals surface area contributed by atoms with Gasteiger partial charge < -0.3 is 21.4 Å². The molecular weight excluding hydrogens is 182 g/mol. The maximum absolute atomic E-state index is 9.07. The van der Waals surface area contributed by atoms with Gasteiger partial charge in [0.2, 0.25) is 0 Å². The third-order valence-electron chi connectivity index (χ3n) is 2.02. The minimum Gasteiger partial charge on any atom is -0.409 e. The van der Waals surface area contributed by atoms with Crippen LogP contribution in [0.5, 0.6) is 0 Å². The van der Waals surface area contributed by atoms with Crippen molar-refractivity contribution in [2.45, 2.75) is 39.3 Å². The quantitative estimate of drug-likeness (QED) is 0.213. The van der Waals surface area contributed by atoms with Crippen molar-refractivity contribution in [2.75, 3.05) is 6.61 Å². The predicted molar refractivity (Wildman–Crippen MR) is 56.3 cm³/mol. The number of aliphatic hydroxyl groups excluding tert-OH is 1. The van der Waals surface area contributed by atoms with Gasteiger partial charge in [-0.3, -0.25) is 0 Å². The number of amidine groups is 1. The van der Waals surface area contributed by atoms with Crippen molar-refractivity contribution in [1.29, 1.82) is 0 Å². The summed E-state index contributed by atoms with van der Waals surface area (Å²) in [6.07, 6.45) is 0.861. The summed E-state index contributed by atoms with van der Waals surface area (Å²) in [5, 5.41) is 23.5. The largest absolute Gasteiger partial charge is 0.409 e. The van der Waals surface area contributed by atoms with Gasteiger partial charge >= 0.3 is 0 Å². The number of rotatable bonds is 6. The van der Waals surface area contributed by atoms with Gasteiger partial charge in [0.05, 0.1) is 12.6 Å². The molecule has 0 spiro atoms. The zero-order valence-corrected chi connectivity index (χ0v) is 9.07. The Morgan fingerprint density at radius 3 is 2.36 bits per heavy atom. The Bertz CT molecular complexity index is 183. The van der Waals surface area contributed by atoms with E-state index in [-0.39, 0.29) is 24.5 Å². The number of hydrogen-bond donors (Lipinski definition) is 4. The van der Waals surface area contributed by atoms with E-state index in [4.69, 9.17) is 16.0 Å². The lowest BCUT2D eigenvalue weighted by Gasteiger charge is -2.22. The van der Waals surface area contributed by atoms with Crippen molar-refractivity contribution in [3.8, 4) is 0 Å². The van der Waals surface area contributed by atoms with Crippen molar-refractivity contribution < 1.29 is 10.3 Å². The monoisotopic (exact) mass is 203 g/mol. The molecule has 0 bridgehead atoms. The highest BCUT2D eigenvalue weighted by Crippen LogP contribution is 2.04. The first kappa shape index (κ1) is 13.2. The molecule has 0 heterocycles. The molecule has 0 saturated heterocycles. The van der Waals surface area contributed by atoms with Crippen LogP contribution in [0.4, 0.5) is 0 Å². The third-order valence-corrected chi connectivity index (χ3v) is 2.02. The Morgan fingerprint density at radius 2 is 2.00 bits per heavy atom. The van der Waals surface area contributed by atoms with Crippen LogP contribution in [0, 0.1) is 5.92 Å². The normalized spacial score (nSPS) is 17.1. The number of nitrogens with zero attached hydrogens (tertiary/aromatic N) is 1. The highest BCUT2D eigenvalue weighted by molar-refractivity contribution is 5.84. The van der Waals surface area contributed by atoms with E-state index in [0.717, 1.165) is 6.42 Å². The molecule has 0 aliphatic rings. The lowest BCUT2D eigenvalue weighted by Crippen LogP contribution is -2.46. The second-order valence-electron chi connectivity index (χ2n) is 3.92. The van der Waals surface area contributed by atoms with Gasteiger partial charge in [0.25, 0.3) is 0 Å². The molecule has 0 aliphatic carbocycles. The topological polar surface area (TPSA) is 90.9 Å². The van der Waals surface area contributed by atoms with Crippen LogP contribution in [0.25, 0.3) is 0 Å². The molecule has 0 aromatic heterocycles. The Morgan fingerprint density at radius 1 is 1.43 bits per heavy atom. The summed E-state index contributed by atoms with van der Waals surface area (Å²) in [7, 11) is 0. The maximum Gasteiger partial charge on any atom is 0.156 e. The Hall–Kier alpha value is -0.810. The highest BCUT2D eigenvalue weighted by Gasteiger charge is 2.15. The summed E-state index contributed by atoms with van der Waals surface area (Å²) in [6, 6.07) is -0.235. The van der Waals surface area contributed by atoms with Crippen molar-refractivity contribution in [3.05, 3.63) is 0 Å². The second-order valence-corrected chi connectivity index (χ2v) is 3.92. The summed E-state index contributed by atoms with van der Waals surface area (Å²) in [4.78, 5) is 0. The first-order valence-corrected chi connectivity index (χ1v) is 4.85. The van der Waals surface area contributed by atoms with E-state index in [2.05, 4.69) is 24.3 Å². The summed E-state index contributed by atoms with van der Waals surface area (Å²) in [6.45, 7) is 6.01. The van der Waals surface area contributed by atoms with Crippen LogP contribution in [0.3, 0.4) is 0 Å². The van der Waals surface area contributed by atoms with E-state index in [1.54, 1.807) is 6.92 Å². The van der Waals surface area contributed by atoms with Crippen LogP contribution in [-0.2, 0) is 0 Å². The van der Waals surface area contributed by atoms with Gasteiger partial charge in [0, 0.05) is 6.04 Å². The molecular formula is C9H21N3O2. The fourth-order valence-electron chi connectivity index (χ4n) is 1.29. The molecule has 2 unspecified atom stereocenters. The number of nitrogens with two attached hydrogens (primary N) is 1. The maximum atomic E-state index is 9.07. The summed E-state index contributed by atoms with van der Waals surface area (Å²) in [5.74, 6) is 0.631. The van der Waals surface area contributed by atoms with Crippen molar-refractivity contribution in [2.24, 2.45) is 16.8 Å². The summed E-state index contributed by atoms with van der Waals surface area (Å²) < 4.78 is 0. The standard InChI is InChI=1S/C9H21N3O2/c1-6(2)4-8(5-13)11-7(3)9(10)12-14/h6-8,11,13-14H,4-5H2,1-3H3,(H2,10,12). The van der Waals surface area contributed by atoms with E-state index in [9.17, 15) is 0 Å². The fourth-order valence-corrected chi connectivity index (χ4v) is 1.29. The van der Waals surface area contributed by atoms with Gasteiger partial charge in [-0.1, -0.05) is 19.0 Å². The van der Waals surface area contributed by atoms with E-state index in [1.807, 2.05) is 0 Å². The van der Waals surface area contributed by atoms with Gasteiger partial charge in [0.1, 0.15) is 0 Å². The average molecular weight is 203 g/mol. The molecule has 2 atom stereocenters. The van der Waals surface area contributed by atoms with Crippen LogP contribution in [-0.4, -0.2) is 34.8 Å². The van der Waals surface area contributed by atoms with Gasteiger partial charge in [-0.25, -0.2) is 0 Å². The Balaban J connectivity index is 4.04. The smallest absolute Gasteiger partial charge is 0.156 e. The molecule has 0 radical (unpaired) electrons. The first-order chi connectivity index (χ1) is 6.51. The van der Waals surface area contributed by atoms with Crippen LogP contribution >= 0.6 is 0 Å². The number of hydrogen-bond acceptors (Lipinski definition) is 4. The molecule has 0 aliphatic heterocycles. The van der Waals surface area contributed by atoms with Crippen molar-refractivity contribution in [3.63, 3.8) is 0 Å². The van der Waals surface area contributed by atoms with Crippen LogP contribution in [0.1, 0.15) is 27.2 Å². The molecule has 14 heavy (non-hydrogen) atoms. The summed E-state index contributed by atoms with van der Waals surface area (Å²) in [5.41, 5.74) is 5.41. The van der Waals surface area contributed by atoms with E-state index in [0.29, 0.717) is 5.92 Å². The first-order valence-electron chi connectivity index (χ1n) is 4.85. The Labute approximate surface area is 85.0 Å². The molecule has 5 nitrogen and oxygen atoms in total. The van der Waals surface area contributed by atoms with E-state index < -0.39 is 0 Å². The van der Waals surface area contributed by atoms with Gasteiger partial charge in [-0.15, -0.1) is 0 Å². The molecule has 5 N–H and O–H groups in total. The average Bonchev–Trinajstić information content (AvgIpc) is 2.14. The number of nitrogens with one attached hydrogen (secondary N) is 1. The number of aliphatic hydroxyl groups is 1. The van der Waals surface area contributed by atoms with Crippen LogP contribution in [0.2, 0.25) is 0 Å². The van der Waals surface area contributed by atoms with Crippen LogP contribution in [0.15, 0.2) is 5.16 Å². The third kappa shape index (κ3) is 5.04. The molecule has 0 fully saturated rings.